The van der Waals surface area contributed by atoms with Crippen molar-refractivity contribution >= 4 is 12.4 Å². The van der Waals surface area contributed by atoms with Gasteiger partial charge in [-0.05, 0) is 44.9 Å². The van der Waals surface area contributed by atoms with Gasteiger partial charge in [-0.15, -0.1) is 12.4 Å². The molecule has 1 rings (SSSR count). The molecule has 0 spiro atoms. The minimum Gasteiger partial charge on any atom is -0.488 e. The highest BCUT2D eigenvalue weighted by molar-refractivity contribution is 5.85. The molecule has 0 aliphatic heterocycles. The van der Waals surface area contributed by atoms with Gasteiger partial charge in [-0.1, -0.05) is 19.1 Å². The number of ether oxygens (including phenoxy) is 1. The highest BCUT2D eigenvalue weighted by Crippen LogP contribution is 2.22. The Morgan fingerprint density at radius 2 is 1.72 bits per heavy atom. The summed E-state index contributed by atoms with van der Waals surface area (Å²) in [5.74, 6) is 0.819. The van der Waals surface area contributed by atoms with E-state index < -0.39 is 6.10 Å². The first-order valence-corrected chi connectivity index (χ1v) is 6.06. The zero-order valence-corrected chi connectivity index (χ0v) is 12.3. The fourth-order valence-electron chi connectivity index (χ4n) is 1.59. The van der Waals surface area contributed by atoms with E-state index in [-0.39, 0.29) is 24.0 Å². The second kappa shape index (κ2) is 6.98. The molecule has 0 bridgehead atoms. The van der Waals surface area contributed by atoms with Crippen LogP contribution in [0.25, 0.3) is 0 Å². The predicted molar refractivity (Wildman–Crippen MR) is 77.3 cm³/mol. The average molecular weight is 274 g/mol. The summed E-state index contributed by atoms with van der Waals surface area (Å²) in [7, 11) is 0. The number of rotatable bonds is 4. The van der Waals surface area contributed by atoms with Gasteiger partial charge in [0, 0.05) is 0 Å². The standard InChI is InChI=1S/C14H23NO2.ClH/c1-5-12(16)13(15)10-6-8-11(9-7-10)17-14(2,3)4;/h6-9,12-13,16H,5,15H2,1-4H3;1H/t12-,13+;/m1./s1. The summed E-state index contributed by atoms with van der Waals surface area (Å²) in [6.45, 7) is 7.94. The molecular weight excluding hydrogens is 250 g/mol. The molecule has 0 unspecified atom stereocenters. The fraction of sp³-hybridized carbons (Fsp3) is 0.571. The highest BCUT2D eigenvalue weighted by atomic mass is 35.5. The van der Waals surface area contributed by atoms with Gasteiger partial charge in [0.2, 0.25) is 0 Å². The van der Waals surface area contributed by atoms with Gasteiger partial charge >= 0.3 is 0 Å². The largest absolute Gasteiger partial charge is 0.488 e. The summed E-state index contributed by atoms with van der Waals surface area (Å²) >= 11 is 0. The molecule has 0 fully saturated rings. The molecule has 104 valence electrons. The number of hydrogen-bond acceptors (Lipinski definition) is 3. The molecule has 0 heterocycles. The minimum atomic E-state index is -0.496. The Morgan fingerprint density at radius 1 is 1.22 bits per heavy atom. The number of aliphatic hydroxyl groups is 1. The van der Waals surface area contributed by atoms with Crippen molar-refractivity contribution in [3.63, 3.8) is 0 Å². The molecular formula is C14H24ClNO2. The minimum absolute atomic E-state index is 0. The van der Waals surface area contributed by atoms with Gasteiger partial charge in [-0.25, -0.2) is 0 Å². The van der Waals surface area contributed by atoms with Crippen molar-refractivity contribution in [1.29, 1.82) is 0 Å². The van der Waals surface area contributed by atoms with E-state index in [1.54, 1.807) is 0 Å². The number of hydrogen-bond donors (Lipinski definition) is 2. The first kappa shape index (κ1) is 17.2. The lowest BCUT2D eigenvalue weighted by Crippen LogP contribution is -2.25. The van der Waals surface area contributed by atoms with Crippen LogP contribution in [0.4, 0.5) is 0 Å². The number of benzene rings is 1. The van der Waals surface area contributed by atoms with Gasteiger partial charge in [-0.2, -0.15) is 0 Å². The van der Waals surface area contributed by atoms with E-state index in [9.17, 15) is 5.11 Å². The normalized spacial score (nSPS) is 14.6. The highest BCUT2D eigenvalue weighted by Gasteiger charge is 2.16. The van der Waals surface area contributed by atoms with Gasteiger partial charge in [0.15, 0.2) is 0 Å². The van der Waals surface area contributed by atoms with E-state index in [2.05, 4.69) is 0 Å². The fourth-order valence-corrected chi connectivity index (χ4v) is 1.59. The van der Waals surface area contributed by atoms with Gasteiger partial charge < -0.3 is 15.6 Å². The van der Waals surface area contributed by atoms with Crippen molar-refractivity contribution in [2.45, 2.75) is 51.9 Å². The Hall–Kier alpha value is -0.770. The zero-order chi connectivity index (χ0) is 13.1. The lowest BCUT2D eigenvalue weighted by molar-refractivity contribution is 0.130. The molecule has 0 aliphatic carbocycles. The van der Waals surface area contributed by atoms with Crippen LogP contribution < -0.4 is 10.5 Å². The summed E-state index contributed by atoms with van der Waals surface area (Å²) < 4.78 is 5.72. The van der Waals surface area contributed by atoms with Crippen molar-refractivity contribution in [1.82, 2.24) is 0 Å². The molecule has 1 aromatic rings. The third kappa shape index (κ3) is 5.25. The van der Waals surface area contributed by atoms with Gasteiger partial charge in [0.25, 0.3) is 0 Å². The van der Waals surface area contributed by atoms with Crippen LogP contribution in [0.3, 0.4) is 0 Å². The lowest BCUT2D eigenvalue weighted by Gasteiger charge is -2.22. The van der Waals surface area contributed by atoms with Crippen molar-refractivity contribution in [3.05, 3.63) is 29.8 Å². The third-order valence-corrected chi connectivity index (χ3v) is 2.52. The topological polar surface area (TPSA) is 55.5 Å². The Morgan fingerprint density at radius 3 is 2.11 bits per heavy atom. The molecule has 0 amide bonds. The quantitative estimate of drug-likeness (QED) is 0.886. The Bertz CT molecular complexity index is 346. The number of aliphatic hydroxyl groups excluding tert-OH is 1. The van der Waals surface area contributed by atoms with E-state index in [4.69, 9.17) is 10.5 Å². The zero-order valence-electron chi connectivity index (χ0n) is 11.5. The lowest BCUT2D eigenvalue weighted by atomic mass is 10.0. The maximum atomic E-state index is 9.68. The molecule has 0 saturated heterocycles. The molecule has 0 radical (unpaired) electrons. The van der Waals surface area contributed by atoms with Crippen LogP contribution in [0.2, 0.25) is 0 Å². The Kier molecular flexibility index (Phi) is 6.68. The SMILES string of the molecule is CC[C@@H](O)[C@@H](N)c1ccc(OC(C)(C)C)cc1.Cl. The van der Waals surface area contributed by atoms with E-state index in [1.807, 2.05) is 52.0 Å². The molecule has 0 aromatic heterocycles. The monoisotopic (exact) mass is 273 g/mol. The number of halogens is 1. The van der Waals surface area contributed by atoms with Crippen LogP contribution >= 0.6 is 12.4 Å². The van der Waals surface area contributed by atoms with Crippen molar-refractivity contribution < 1.29 is 9.84 Å². The Balaban J connectivity index is 0.00000289. The third-order valence-electron chi connectivity index (χ3n) is 2.52. The summed E-state index contributed by atoms with van der Waals surface area (Å²) in [6.07, 6.45) is 0.158. The van der Waals surface area contributed by atoms with Gasteiger partial charge in [0.05, 0.1) is 12.1 Å². The molecule has 0 aliphatic rings. The maximum absolute atomic E-state index is 9.68. The van der Waals surface area contributed by atoms with Gasteiger partial charge in [-0.3, -0.25) is 0 Å². The van der Waals surface area contributed by atoms with Crippen LogP contribution in [0, 0.1) is 0 Å². The average Bonchev–Trinajstić information content (AvgIpc) is 2.26. The maximum Gasteiger partial charge on any atom is 0.120 e. The van der Waals surface area contributed by atoms with Crippen LogP contribution in [0.1, 0.15) is 45.7 Å². The van der Waals surface area contributed by atoms with E-state index in [0.29, 0.717) is 6.42 Å². The first-order valence-electron chi connectivity index (χ1n) is 6.06. The molecule has 3 N–H and O–H groups in total. The van der Waals surface area contributed by atoms with Crippen LogP contribution in [0.15, 0.2) is 24.3 Å². The molecule has 1 aromatic carbocycles. The molecule has 3 nitrogen and oxygen atoms in total. The van der Waals surface area contributed by atoms with Crippen LogP contribution in [0.5, 0.6) is 5.75 Å². The molecule has 0 saturated carbocycles. The van der Waals surface area contributed by atoms with E-state index in [0.717, 1.165) is 11.3 Å². The smallest absolute Gasteiger partial charge is 0.120 e. The van der Waals surface area contributed by atoms with Crippen LogP contribution in [-0.2, 0) is 0 Å². The summed E-state index contributed by atoms with van der Waals surface area (Å²) in [5, 5.41) is 9.68. The van der Waals surface area contributed by atoms with Crippen LogP contribution in [-0.4, -0.2) is 16.8 Å². The van der Waals surface area contributed by atoms with Crippen molar-refractivity contribution in [3.8, 4) is 5.75 Å². The van der Waals surface area contributed by atoms with Gasteiger partial charge in [0.1, 0.15) is 11.4 Å². The Labute approximate surface area is 116 Å². The van der Waals surface area contributed by atoms with Crippen molar-refractivity contribution in [2.24, 2.45) is 5.73 Å². The van der Waals surface area contributed by atoms with Crippen molar-refractivity contribution in [2.75, 3.05) is 0 Å². The predicted octanol–water partition coefficient (Wildman–Crippen LogP) is 3.06. The first-order chi connectivity index (χ1) is 7.83. The summed E-state index contributed by atoms with van der Waals surface area (Å²) in [4.78, 5) is 0. The van der Waals surface area contributed by atoms with E-state index >= 15 is 0 Å². The summed E-state index contributed by atoms with van der Waals surface area (Å²) in [5.41, 5.74) is 6.66. The molecule has 18 heavy (non-hydrogen) atoms. The second-order valence-corrected chi connectivity index (χ2v) is 5.28. The molecule has 4 heteroatoms. The number of nitrogens with two attached hydrogens (primary N) is 1. The summed E-state index contributed by atoms with van der Waals surface area (Å²) in [6, 6.07) is 7.27. The van der Waals surface area contributed by atoms with E-state index in [1.165, 1.54) is 0 Å². The second-order valence-electron chi connectivity index (χ2n) is 5.28. The molecule has 2 atom stereocenters.